The Morgan fingerprint density at radius 3 is 2.16 bits per heavy atom. The van der Waals surface area contributed by atoms with Gasteiger partial charge in [-0.15, -0.1) is 11.8 Å². The van der Waals surface area contributed by atoms with Gasteiger partial charge in [0, 0.05) is 54.4 Å². The van der Waals surface area contributed by atoms with Crippen LogP contribution in [-0.4, -0.2) is 83.3 Å². The van der Waals surface area contributed by atoms with E-state index in [1.54, 1.807) is 31.2 Å². The molecule has 2 aliphatic rings. The lowest BCUT2D eigenvalue weighted by Gasteiger charge is -2.36. The van der Waals surface area contributed by atoms with Crippen molar-refractivity contribution in [2.45, 2.75) is 39.5 Å². The van der Waals surface area contributed by atoms with Crippen LogP contribution >= 0.6 is 23.5 Å². The molecule has 0 spiro atoms. The molecule has 1 saturated heterocycles. The Kier molecular flexibility index (Phi) is 11.0. The number of benzene rings is 4. The smallest absolute Gasteiger partial charge is 0.416 e. The van der Waals surface area contributed by atoms with Gasteiger partial charge < -0.3 is 14.5 Å². The van der Waals surface area contributed by atoms with Gasteiger partial charge in [-0.25, -0.2) is 0 Å². The van der Waals surface area contributed by atoms with E-state index in [0.29, 0.717) is 24.2 Å². The molecule has 6 rings (SSSR count). The molecule has 0 aliphatic carbocycles. The molecule has 0 bridgehead atoms. The number of carbonyl (C=O) groups is 1. The Morgan fingerprint density at radius 1 is 0.843 bits per heavy atom. The van der Waals surface area contributed by atoms with Crippen molar-refractivity contribution < 1.29 is 32.5 Å². The largest absolute Gasteiger partial charge is 0.463 e. The van der Waals surface area contributed by atoms with E-state index in [2.05, 4.69) is 9.80 Å². The molecule has 16 heteroatoms. The quantitative estimate of drug-likeness (QED) is 0.0608. The van der Waals surface area contributed by atoms with Crippen molar-refractivity contribution in [1.29, 1.82) is 0 Å². The number of nitro groups is 2. The summed E-state index contributed by atoms with van der Waals surface area (Å²) in [5, 5.41) is 23.2. The molecular formula is C35H34F3N5O6S2. The summed E-state index contributed by atoms with van der Waals surface area (Å²) in [4.78, 5) is 43.4. The zero-order valence-electron chi connectivity index (χ0n) is 27.5. The van der Waals surface area contributed by atoms with Gasteiger partial charge in [-0.1, -0.05) is 42.1 Å². The fourth-order valence-corrected chi connectivity index (χ4v) is 8.43. The standard InChI is InChI=1S/C35H34F3N5O6S2/c1-23(50-33-26-8-3-2-7-25(26)28(42(45)46)22-30(33)43(47)48)34(44)49-20-19-40-17-15-39(16-18-40)13-6-14-41-27-9-4-5-10-31(27)51-32-12-11-24(21-29(32)41)35(36,37)38/h2-5,7-12,21-23H,6,13-20H2,1H3. The van der Waals surface area contributed by atoms with Gasteiger partial charge in [-0.2, -0.15) is 13.2 Å². The van der Waals surface area contributed by atoms with Crippen molar-refractivity contribution >= 4 is 63.0 Å². The molecule has 4 aromatic carbocycles. The molecule has 0 radical (unpaired) electrons. The van der Waals surface area contributed by atoms with Gasteiger partial charge in [-0.05, 0) is 56.3 Å². The van der Waals surface area contributed by atoms with Gasteiger partial charge in [0.25, 0.3) is 11.4 Å². The highest BCUT2D eigenvalue weighted by Crippen LogP contribution is 2.49. The number of halogens is 3. The molecule has 2 heterocycles. The number of carbonyl (C=O) groups excluding carboxylic acids is 1. The van der Waals surface area contributed by atoms with E-state index in [1.807, 2.05) is 29.2 Å². The highest BCUT2D eigenvalue weighted by molar-refractivity contribution is 8.01. The van der Waals surface area contributed by atoms with Gasteiger partial charge >= 0.3 is 12.1 Å². The number of anilines is 2. The number of esters is 1. The van der Waals surface area contributed by atoms with E-state index in [4.69, 9.17) is 4.74 Å². The van der Waals surface area contributed by atoms with Crippen LogP contribution in [0.2, 0.25) is 0 Å². The summed E-state index contributed by atoms with van der Waals surface area (Å²) in [5.41, 5.74) is -0.00951. The predicted molar refractivity (Wildman–Crippen MR) is 190 cm³/mol. The topological polar surface area (TPSA) is 122 Å². The summed E-state index contributed by atoms with van der Waals surface area (Å²) in [6, 6.07) is 18.9. The number of hydrogen-bond acceptors (Lipinski definition) is 11. The van der Waals surface area contributed by atoms with Crippen LogP contribution in [0.1, 0.15) is 18.9 Å². The van der Waals surface area contributed by atoms with Crippen LogP contribution in [0, 0.1) is 20.2 Å². The number of hydrogen-bond donors (Lipinski definition) is 0. The van der Waals surface area contributed by atoms with Gasteiger partial charge in [0.15, 0.2) is 0 Å². The molecule has 1 atom stereocenters. The third-order valence-corrected chi connectivity index (χ3v) is 11.2. The molecule has 0 amide bonds. The van der Waals surface area contributed by atoms with E-state index in [1.165, 1.54) is 23.9 Å². The summed E-state index contributed by atoms with van der Waals surface area (Å²) >= 11 is 2.42. The van der Waals surface area contributed by atoms with Crippen LogP contribution in [0.5, 0.6) is 0 Å². The minimum absolute atomic E-state index is 0.137. The summed E-state index contributed by atoms with van der Waals surface area (Å²) in [6.07, 6.45) is -3.67. The van der Waals surface area contributed by atoms with Crippen molar-refractivity contribution in [3.05, 3.63) is 98.6 Å². The summed E-state index contributed by atoms with van der Waals surface area (Å²) in [5.74, 6) is -0.544. The summed E-state index contributed by atoms with van der Waals surface area (Å²) < 4.78 is 46.2. The molecule has 51 heavy (non-hydrogen) atoms. The fraction of sp³-hybridized carbons (Fsp3) is 0.343. The van der Waals surface area contributed by atoms with Crippen LogP contribution in [0.25, 0.3) is 10.8 Å². The number of ether oxygens (including phenoxy) is 1. The first-order chi connectivity index (χ1) is 24.4. The van der Waals surface area contributed by atoms with E-state index in [0.717, 1.165) is 78.5 Å². The van der Waals surface area contributed by atoms with Crippen LogP contribution in [-0.2, 0) is 15.7 Å². The average Bonchev–Trinajstić information content (AvgIpc) is 3.11. The second-order valence-electron chi connectivity index (χ2n) is 12.2. The molecule has 11 nitrogen and oxygen atoms in total. The third-order valence-electron chi connectivity index (χ3n) is 8.90. The zero-order valence-corrected chi connectivity index (χ0v) is 29.1. The third kappa shape index (κ3) is 8.24. The van der Waals surface area contributed by atoms with Crippen molar-refractivity contribution in [2.24, 2.45) is 0 Å². The van der Waals surface area contributed by atoms with E-state index in [-0.39, 0.29) is 22.6 Å². The molecule has 268 valence electrons. The first kappa shape index (κ1) is 36.4. The predicted octanol–water partition coefficient (Wildman–Crippen LogP) is 8.01. The summed E-state index contributed by atoms with van der Waals surface area (Å²) in [7, 11) is 0. The number of fused-ring (bicyclic) bond motifs is 3. The molecule has 0 N–H and O–H groups in total. The van der Waals surface area contributed by atoms with Crippen LogP contribution in [0.3, 0.4) is 0 Å². The van der Waals surface area contributed by atoms with Crippen molar-refractivity contribution in [2.75, 3.05) is 57.3 Å². The number of nitro benzene ring substituents is 2. The fourth-order valence-electron chi connectivity index (χ4n) is 6.28. The Morgan fingerprint density at radius 2 is 1.47 bits per heavy atom. The second-order valence-corrected chi connectivity index (χ2v) is 14.6. The van der Waals surface area contributed by atoms with E-state index < -0.39 is 38.5 Å². The Balaban J connectivity index is 0.981. The zero-order chi connectivity index (χ0) is 36.3. The van der Waals surface area contributed by atoms with E-state index >= 15 is 0 Å². The Bertz CT molecular complexity index is 1960. The van der Waals surface area contributed by atoms with Gasteiger partial charge in [0.1, 0.15) is 11.9 Å². The molecule has 0 aromatic heterocycles. The van der Waals surface area contributed by atoms with Gasteiger partial charge in [0.2, 0.25) is 0 Å². The maximum Gasteiger partial charge on any atom is 0.416 e. The van der Waals surface area contributed by atoms with Crippen LogP contribution in [0.15, 0.2) is 87.5 Å². The molecular weight excluding hydrogens is 708 g/mol. The van der Waals surface area contributed by atoms with Gasteiger partial charge in [0.05, 0.1) is 43.1 Å². The van der Waals surface area contributed by atoms with Gasteiger partial charge in [-0.3, -0.25) is 29.9 Å². The number of piperazine rings is 1. The monoisotopic (exact) mass is 741 g/mol. The second kappa shape index (κ2) is 15.5. The molecule has 2 aliphatic heterocycles. The summed E-state index contributed by atoms with van der Waals surface area (Å²) in [6.45, 7) is 6.67. The number of nitrogens with zero attached hydrogens (tertiary/aromatic N) is 5. The first-order valence-corrected chi connectivity index (χ1v) is 18.0. The number of rotatable bonds is 12. The molecule has 4 aromatic rings. The van der Waals surface area contributed by atoms with Crippen LogP contribution in [0.4, 0.5) is 35.9 Å². The van der Waals surface area contributed by atoms with Crippen LogP contribution < -0.4 is 4.90 Å². The Labute approximate surface area is 300 Å². The number of thioether (sulfide) groups is 1. The molecule has 0 saturated carbocycles. The maximum atomic E-state index is 13.6. The van der Waals surface area contributed by atoms with Crippen molar-refractivity contribution in [3.8, 4) is 0 Å². The maximum absolute atomic E-state index is 13.6. The molecule has 1 fully saturated rings. The highest BCUT2D eigenvalue weighted by atomic mass is 32.2. The number of non-ortho nitro benzene ring substituents is 1. The minimum atomic E-state index is -4.43. The number of para-hydroxylation sites is 1. The lowest BCUT2D eigenvalue weighted by molar-refractivity contribution is -0.394. The lowest BCUT2D eigenvalue weighted by Crippen LogP contribution is -2.47. The normalized spacial score (nSPS) is 15.6. The SMILES string of the molecule is CC(Sc1c([N+](=O)[O-])cc([N+](=O)[O-])c2ccccc12)C(=O)OCCN1CCN(CCCN2c3ccccc3Sc3ccc(C(F)(F)F)cc32)CC1. The van der Waals surface area contributed by atoms with E-state index in [9.17, 15) is 38.2 Å². The van der Waals surface area contributed by atoms with Crippen molar-refractivity contribution in [1.82, 2.24) is 9.80 Å². The lowest BCUT2D eigenvalue weighted by atomic mass is 10.1. The average molecular weight is 742 g/mol. The van der Waals surface area contributed by atoms with Crippen molar-refractivity contribution in [3.63, 3.8) is 0 Å². The first-order valence-electron chi connectivity index (χ1n) is 16.3. The molecule has 1 unspecified atom stereocenters. The highest BCUT2D eigenvalue weighted by Gasteiger charge is 2.34. The Hall–Kier alpha value is -4.38. The number of alkyl halides is 3. The minimum Gasteiger partial charge on any atom is -0.463 e.